The van der Waals surface area contributed by atoms with Crippen molar-refractivity contribution < 1.29 is 14.6 Å². The molecule has 0 saturated carbocycles. The fourth-order valence-corrected chi connectivity index (χ4v) is 2.47. The van der Waals surface area contributed by atoms with Crippen LogP contribution in [-0.2, 0) is 11.3 Å². The maximum absolute atomic E-state index is 11.8. The largest absolute Gasteiger partial charge is 0.503 e. The van der Waals surface area contributed by atoms with Crippen LogP contribution >= 0.6 is 11.6 Å². The van der Waals surface area contributed by atoms with Crippen LogP contribution in [0.3, 0.4) is 0 Å². The molecule has 1 amide bonds. The Kier molecular flexibility index (Phi) is 8.75. The molecule has 0 atom stereocenters. The second kappa shape index (κ2) is 10.3. The standard InChI is InChI=1S/C17H26ClNO3/c1-3-4-5-6-7-8-9-16(20)19-12-13-10-14(18)17(21)15(11-13)22-2/h10-11,21H,3-9,12H2,1-2H3,(H,19,20). The zero-order valence-electron chi connectivity index (χ0n) is 13.5. The molecule has 0 heterocycles. The minimum absolute atomic E-state index is 0.0404. The zero-order chi connectivity index (χ0) is 16.4. The number of carbonyl (C=O) groups excluding carboxylic acids is 1. The SMILES string of the molecule is CCCCCCCCC(=O)NCc1cc(Cl)c(O)c(OC)c1. The third-order valence-electron chi connectivity index (χ3n) is 3.56. The Morgan fingerprint density at radius 2 is 1.91 bits per heavy atom. The Bertz CT molecular complexity index is 477. The van der Waals surface area contributed by atoms with Crippen molar-refractivity contribution in [2.24, 2.45) is 0 Å². The number of rotatable bonds is 10. The predicted octanol–water partition coefficient (Wildman–Crippen LogP) is 4.42. The number of halogens is 1. The van der Waals surface area contributed by atoms with Gasteiger partial charge >= 0.3 is 0 Å². The summed E-state index contributed by atoms with van der Waals surface area (Å²) < 4.78 is 5.04. The monoisotopic (exact) mass is 327 g/mol. The van der Waals surface area contributed by atoms with E-state index < -0.39 is 0 Å². The molecule has 0 aromatic heterocycles. The lowest BCUT2D eigenvalue weighted by molar-refractivity contribution is -0.121. The number of aromatic hydroxyl groups is 1. The molecule has 2 N–H and O–H groups in total. The van der Waals surface area contributed by atoms with Gasteiger partial charge in [0.25, 0.3) is 0 Å². The zero-order valence-corrected chi connectivity index (χ0v) is 14.2. The average molecular weight is 328 g/mol. The number of nitrogens with one attached hydrogen (secondary N) is 1. The van der Waals surface area contributed by atoms with Gasteiger partial charge < -0.3 is 15.2 Å². The van der Waals surface area contributed by atoms with Crippen LogP contribution in [0.25, 0.3) is 0 Å². The first-order valence-electron chi connectivity index (χ1n) is 7.90. The highest BCUT2D eigenvalue weighted by molar-refractivity contribution is 6.32. The molecule has 1 aromatic carbocycles. The molecule has 0 saturated heterocycles. The number of hydrogen-bond acceptors (Lipinski definition) is 3. The molecule has 5 heteroatoms. The Morgan fingerprint density at radius 1 is 1.23 bits per heavy atom. The fourth-order valence-electron chi connectivity index (χ4n) is 2.24. The molecule has 0 spiro atoms. The van der Waals surface area contributed by atoms with Gasteiger partial charge in [0.05, 0.1) is 12.1 Å². The van der Waals surface area contributed by atoms with Crippen LogP contribution in [0.15, 0.2) is 12.1 Å². The number of methoxy groups -OCH3 is 1. The van der Waals surface area contributed by atoms with Gasteiger partial charge in [-0.1, -0.05) is 50.6 Å². The lowest BCUT2D eigenvalue weighted by atomic mass is 10.1. The van der Waals surface area contributed by atoms with E-state index >= 15 is 0 Å². The van der Waals surface area contributed by atoms with Crippen LogP contribution in [0.1, 0.15) is 57.4 Å². The number of hydrogen-bond donors (Lipinski definition) is 2. The smallest absolute Gasteiger partial charge is 0.220 e. The van der Waals surface area contributed by atoms with Crippen LogP contribution in [0.2, 0.25) is 5.02 Å². The van der Waals surface area contributed by atoms with Gasteiger partial charge in [-0.05, 0) is 24.1 Å². The van der Waals surface area contributed by atoms with Gasteiger partial charge in [0, 0.05) is 13.0 Å². The van der Waals surface area contributed by atoms with Crippen LogP contribution < -0.4 is 10.1 Å². The van der Waals surface area contributed by atoms with Crippen LogP contribution in [-0.4, -0.2) is 18.1 Å². The van der Waals surface area contributed by atoms with Crippen LogP contribution in [0, 0.1) is 0 Å². The summed E-state index contributed by atoms with van der Waals surface area (Å²) in [4.78, 5) is 11.8. The van der Waals surface area contributed by atoms with Gasteiger partial charge in [0.1, 0.15) is 0 Å². The highest BCUT2D eigenvalue weighted by atomic mass is 35.5. The third kappa shape index (κ3) is 6.56. The first kappa shape index (κ1) is 18.6. The highest BCUT2D eigenvalue weighted by Crippen LogP contribution is 2.34. The van der Waals surface area contributed by atoms with Crippen molar-refractivity contribution in [3.8, 4) is 11.5 Å². The number of amides is 1. The molecular weight excluding hydrogens is 302 g/mol. The molecule has 0 bridgehead atoms. The van der Waals surface area contributed by atoms with Crippen LogP contribution in [0.5, 0.6) is 11.5 Å². The molecule has 0 radical (unpaired) electrons. The summed E-state index contributed by atoms with van der Waals surface area (Å²) in [6.07, 6.45) is 7.54. The molecular formula is C17H26ClNO3. The first-order valence-corrected chi connectivity index (χ1v) is 8.28. The Hall–Kier alpha value is -1.42. The van der Waals surface area contributed by atoms with Crippen molar-refractivity contribution in [3.05, 3.63) is 22.7 Å². The van der Waals surface area contributed by atoms with Crippen molar-refractivity contribution in [1.29, 1.82) is 0 Å². The number of ether oxygens (including phenoxy) is 1. The van der Waals surface area contributed by atoms with Gasteiger partial charge in [0.15, 0.2) is 11.5 Å². The maximum Gasteiger partial charge on any atom is 0.220 e. The molecule has 1 aromatic rings. The van der Waals surface area contributed by atoms with Gasteiger partial charge in [-0.15, -0.1) is 0 Å². The lowest BCUT2D eigenvalue weighted by Gasteiger charge is -2.10. The van der Waals surface area contributed by atoms with Gasteiger partial charge in [-0.2, -0.15) is 0 Å². The first-order chi connectivity index (χ1) is 10.6. The summed E-state index contributed by atoms with van der Waals surface area (Å²) >= 11 is 5.91. The second-order valence-corrected chi connectivity index (χ2v) is 5.83. The summed E-state index contributed by atoms with van der Waals surface area (Å²) in [5, 5.41) is 12.7. The molecule has 0 aliphatic rings. The molecule has 0 aliphatic heterocycles. The predicted molar refractivity (Wildman–Crippen MR) is 89.5 cm³/mol. The van der Waals surface area contributed by atoms with E-state index in [9.17, 15) is 9.90 Å². The van der Waals surface area contributed by atoms with Crippen molar-refractivity contribution in [2.75, 3.05) is 7.11 Å². The van der Waals surface area contributed by atoms with Gasteiger partial charge in [-0.25, -0.2) is 0 Å². The Labute approximate surface area is 137 Å². The Morgan fingerprint density at radius 3 is 2.59 bits per heavy atom. The number of unbranched alkanes of at least 4 members (excludes halogenated alkanes) is 5. The summed E-state index contributed by atoms with van der Waals surface area (Å²) in [5.74, 6) is 0.276. The minimum atomic E-state index is -0.0775. The second-order valence-electron chi connectivity index (χ2n) is 5.42. The van der Waals surface area contributed by atoms with Crippen LogP contribution in [0.4, 0.5) is 0 Å². The number of phenols is 1. The maximum atomic E-state index is 11.8. The number of benzene rings is 1. The molecule has 22 heavy (non-hydrogen) atoms. The fraction of sp³-hybridized carbons (Fsp3) is 0.588. The average Bonchev–Trinajstić information content (AvgIpc) is 2.51. The van der Waals surface area contributed by atoms with Crippen molar-refractivity contribution in [3.63, 3.8) is 0 Å². The van der Waals surface area contributed by atoms with Crippen molar-refractivity contribution in [1.82, 2.24) is 5.32 Å². The quantitative estimate of drug-likeness (QED) is 0.625. The normalized spacial score (nSPS) is 10.5. The number of carbonyl (C=O) groups is 1. The van der Waals surface area contributed by atoms with E-state index in [1.807, 2.05) is 0 Å². The van der Waals surface area contributed by atoms with E-state index in [1.54, 1.807) is 12.1 Å². The molecule has 0 fully saturated rings. The molecule has 124 valence electrons. The third-order valence-corrected chi connectivity index (χ3v) is 3.84. The van der Waals surface area contributed by atoms with Gasteiger partial charge in [-0.3, -0.25) is 4.79 Å². The Balaban J connectivity index is 2.31. The van der Waals surface area contributed by atoms with E-state index in [2.05, 4.69) is 12.2 Å². The highest BCUT2D eigenvalue weighted by Gasteiger charge is 2.09. The lowest BCUT2D eigenvalue weighted by Crippen LogP contribution is -2.22. The molecule has 0 aliphatic carbocycles. The van der Waals surface area contributed by atoms with E-state index in [1.165, 1.54) is 32.8 Å². The summed E-state index contributed by atoms with van der Waals surface area (Å²) in [5.41, 5.74) is 0.802. The van der Waals surface area contributed by atoms with E-state index in [0.717, 1.165) is 18.4 Å². The molecule has 4 nitrogen and oxygen atoms in total. The summed E-state index contributed by atoms with van der Waals surface area (Å²) in [7, 11) is 1.46. The molecule has 1 rings (SSSR count). The van der Waals surface area contributed by atoms with E-state index in [0.29, 0.717) is 18.7 Å². The molecule has 0 unspecified atom stereocenters. The topological polar surface area (TPSA) is 58.6 Å². The summed E-state index contributed by atoms with van der Waals surface area (Å²) in [6.45, 7) is 2.57. The number of phenolic OH excluding ortho intramolecular Hbond substituents is 1. The van der Waals surface area contributed by atoms with Gasteiger partial charge in [0.2, 0.25) is 5.91 Å². The van der Waals surface area contributed by atoms with Crippen molar-refractivity contribution >= 4 is 17.5 Å². The minimum Gasteiger partial charge on any atom is -0.503 e. The van der Waals surface area contributed by atoms with Crippen molar-refractivity contribution in [2.45, 2.75) is 58.4 Å². The summed E-state index contributed by atoms with van der Waals surface area (Å²) in [6, 6.07) is 3.30. The van der Waals surface area contributed by atoms with E-state index in [-0.39, 0.29) is 16.7 Å². The van der Waals surface area contributed by atoms with E-state index in [4.69, 9.17) is 16.3 Å².